The van der Waals surface area contributed by atoms with Crippen molar-refractivity contribution in [2.75, 3.05) is 31.5 Å². The van der Waals surface area contributed by atoms with Gasteiger partial charge in [0.15, 0.2) is 11.6 Å². The SMILES string of the molecule is CC(C(=O)Nc1ccc(F)c(F)c1)N1CCN(S(=O)(=O)c2cccc([N+](=O)[O-])c2)CC1. The molecule has 166 valence electrons. The van der Waals surface area contributed by atoms with Gasteiger partial charge in [0.25, 0.3) is 5.69 Å². The number of anilines is 1. The smallest absolute Gasteiger partial charge is 0.270 e. The summed E-state index contributed by atoms with van der Waals surface area (Å²) in [6.45, 7) is 2.31. The van der Waals surface area contributed by atoms with Crippen LogP contribution in [0, 0.1) is 21.7 Å². The van der Waals surface area contributed by atoms with E-state index in [0.29, 0.717) is 0 Å². The van der Waals surface area contributed by atoms with Gasteiger partial charge in [0.2, 0.25) is 15.9 Å². The number of nitro benzene ring substituents is 1. The molecule has 1 aliphatic rings. The molecular formula is C19H20F2N4O5S. The summed E-state index contributed by atoms with van der Waals surface area (Å²) in [4.78, 5) is 24.3. The minimum atomic E-state index is -3.92. The Bertz CT molecular complexity index is 1100. The molecule has 0 bridgehead atoms. The number of rotatable bonds is 6. The van der Waals surface area contributed by atoms with Crippen molar-refractivity contribution >= 4 is 27.3 Å². The number of amides is 1. The Kier molecular flexibility index (Phi) is 6.62. The van der Waals surface area contributed by atoms with E-state index < -0.39 is 38.5 Å². The van der Waals surface area contributed by atoms with Crippen LogP contribution in [0.3, 0.4) is 0 Å². The molecule has 1 N–H and O–H groups in total. The van der Waals surface area contributed by atoms with E-state index in [2.05, 4.69) is 5.32 Å². The van der Waals surface area contributed by atoms with Crippen LogP contribution in [0.1, 0.15) is 6.92 Å². The molecular weight excluding hydrogens is 434 g/mol. The van der Waals surface area contributed by atoms with Gasteiger partial charge in [0.1, 0.15) is 0 Å². The lowest BCUT2D eigenvalue weighted by Crippen LogP contribution is -2.53. The third kappa shape index (κ3) is 5.03. The number of piperazine rings is 1. The first kappa shape index (κ1) is 22.7. The van der Waals surface area contributed by atoms with Gasteiger partial charge in [-0.05, 0) is 25.1 Å². The van der Waals surface area contributed by atoms with Gasteiger partial charge in [-0.2, -0.15) is 4.31 Å². The topological polar surface area (TPSA) is 113 Å². The second-order valence-corrected chi connectivity index (χ2v) is 8.93. The molecule has 1 unspecified atom stereocenters. The van der Waals surface area contributed by atoms with Gasteiger partial charge < -0.3 is 5.32 Å². The highest BCUT2D eigenvalue weighted by molar-refractivity contribution is 7.89. The predicted molar refractivity (Wildman–Crippen MR) is 108 cm³/mol. The summed E-state index contributed by atoms with van der Waals surface area (Å²) in [5.74, 6) is -2.54. The van der Waals surface area contributed by atoms with Crippen molar-refractivity contribution in [3.8, 4) is 0 Å². The number of benzene rings is 2. The number of carbonyl (C=O) groups is 1. The monoisotopic (exact) mass is 454 g/mol. The number of nitrogens with zero attached hydrogens (tertiary/aromatic N) is 3. The minimum absolute atomic E-state index is 0.0911. The molecule has 3 rings (SSSR count). The first-order valence-corrected chi connectivity index (χ1v) is 10.8. The highest BCUT2D eigenvalue weighted by Crippen LogP contribution is 2.22. The van der Waals surface area contributed by atoms with Crippen LogP contribution in [0.15, 0.2) is 47.4 Å². The van der Waals surface area contributed by atoms with Crippen LogP contribution in [0.5, 0.6) is 0 Å². The van der Waals surface area contributed by atoms with E-state index in [1.165, 1.54) is 28.6 Å². The Morgan fingerprint density at radius 2 is 1.77 bits per heavy atom. The molecule has 1 amide bonds. The van der Waals surface area contributed by atoms with Crippen molar-refractivity contribution in [3.05, 3.63) is 64.2 Å². The summed E-state index contributed by atoms with van der Waals surface area (Å²) in [5, 5.41) is 13.4. The van der Waals surface area contributed by atoms with Crippen LogP contribution in [0.2, 0.25) is 0 Å². The predicted octanol–water partition coefficient (Wildman–Crippen LogP) is 2.21. The number of nitro groups is 1. The zero-order valence-electron chi connectivity index (χ0n) is 16.5. The van der Waals surface area contributed by atoms with Gasteiger partial charge in [0, 0.05) is 50.1 Å². The van der Waals surface area contributed by atoms with E-state index >= 15 is 0 Å². The maximum absolute atomic E-state index is 13.3. The quantitative estimate of drug-likeness (QED) is 0.529. The largest absolute Gasteiger partial charge is 0.325 e. The van der Waals surface area contributed by atoms with Gasteiger partial charge in [-0.15, -0.1) is 0 Å². The van der Waals surface area contributed by atoms with Gasteiger partial charge in [0.05, 0.1) is 15.9 Å². The lowest BCUT2D eigenvalue weighted by molar-refractivity contribution is -0.385. The van der Waals surface area contributed by atoms with Crippen molar-refractivity contribution in [2.45, 2.75) is 17.9 Å². The fourth-order valence-corrected chi connectivity index (χ4v) is 4.69. The van der Waals surface area contributed by atoms with E-state index in [9.17, 15) is 32.1 Å². The zero-order chi connectivity index (χ0) is 22.8. The van der Waals surface area contributed by atoms with Gasteiger partial charge in [-0.3, -0.25) is 19.8 Å². The number of nitrogens with one attached hydrogen (secondary N) is 1. The summed E-state index contributed by atoms with van der Waals surface area (Å²) in [6.07, 6.45) is 0. The molecule has 2 aromatic rings. The van der Waals surface area contributed by atoms with Crippen molar-refractivity contribution in [1.82, 2.24) is 9.21 Å². The molecule has 1 saturated heterocycles. The Balaban J connectivity index is 1.62. The number of non-ortho nitro benzene ring substituents is 1. The minimum Gasteiger partial charge on any atom is -0.325 e. The van der Waals surface area contributed by atoms with Crippen LogP contribution >= 0.6 is 0 Å². The van der Waals surface area contributed by atoms with E-state index in [-0.39, 0.29) is 42.4 Å². The number of halogens is 2. The average Bonchev–Trinajstić information content (AvgIpc) is 2.76. The van der Waals surface area contributed by atoms with E-state index in [1.54, 1.807) is 11.8 Å². The maximum Gasteiger partial charge on any atom is 0.270 e. The van der Waals surface area contributed by atoms with Crippen LogP contribution in [0.25, 0.3) is 0 Å². The molecule has 0 spiro atoms. The normalized spacial score (nSPS) is 16.6. The molecule has 1 atom stereocenters. The van der Waals surface area contributed by atoms with Crippen LogP contribution in [-0.4, -0.2) is 60.7 Å². The second-order valence-electron chi connectivity index (χ2n) is 6.99. The standard InChI is InChI=1S/C19H20F2N4O5S/c1-13(19(26)22-14-5-6-17(20)18(21)11-14)23-7-9-24(10-8-23)31(29,30)16-4-2-3-15(12-16)25(27)28/h2-6,11-13H,7-10H2,1H3,(H,22,26). The van der Waals surface area contributed by atoms with Crippen molar-refractivity contribution in [3.63, 3.8) is 0 Å². The molecule has 31 heavy (non-hydrogen) atoms. The van der Waals surface area contributed by atoms with Crippen molar-refractivity contribution in [2.24, 2.45) is 0 Å². The summed E-state index contributed by atoms with van der Waals surface area (Å²) in [6, 6.07) is 7.22. The Labute approximate surface area is 177 Å². The average molecular weight is 454 g/mol. The van der Waals surface area contributed by atoms with Crippen molar-refractivity contribution < 1.29 is 26.9 Å². The molecule has 0 saturated carbocycles. The summed E-state index contributed by atoms with van der Waals surface area (Å²) in [7, 11) is -3.92. The van der Waals surface area contributed by atoms with Gasteiger partial charge in [-0.25, -0.2) is 17.2 Å². The number of hydrogen-bond donors (Lipinski definition) is 1. The number of carbonyl (C=O) groups excluding carboxylic acids is 1. The summed E-state index contributed by atoms with van der Waals surface area (Å²) >= 11 is 0. The third-order valence-corrected chi connectivity index (χ3v) is 6.95. The zero-order valence-corrected chi connectivity index (χ0v) is 17.3. The molecule has 12 heteroatoms. The van der Waals surface area contributed by atoms with E-state index in [0.717, 1.165) is 18.2 Å². The molecule has 1 heterocycles. The molecule has 1 aliphatic heterocycles. The fourth-order valence-electron chi connectivity index (χ4n) is 3.22. The summed E-state index contributed by atoms with van der Waals surface area (Å²) < 4.78 is 53.2. The van der Waals surface area contributed by atoms with E-state index in [4.69, 9.17) is 0 Å². The van der Waals surface area contributed by atoms with E-state index in [1.807, 2.05) is 0 Å². The Morgan fingerprint density at radius 1 is 1.10 bits per heavy atom. The number of sulfonamides is 1. The molecule has 0 radical (unpaired) electrons. The van der Waals surface area contributed by atoms with Crippen LogP contribution in [-0.2, 0) is 14.8 Å². The maximum atomic E-state index is 13.3. The van der Waals surface area contributed by atoms with Crippen molar-refractivity contribution in [1.29, 1.82) is 0 Å². The highest BCUT2D eigenvalue weighted by atomic mass is 32.2. The lowest BCUT2D eigenvalue weighted by Gasteiger charge is -2.36. The van der Waals surface area contributed by atoms with Crippen LogP contribution < -0.4 is 5.32 Å². The Morgan fingerprint density at radius 3 is 2.39 bits per heavy atom. The molecule has 1 fully saturated rings. The highest BCUT2D eigenvalue weighted by Gasteiger charge is 2.32. The van der Waals surface area contributed by atoms with Crippen LogP contribution in [0.4, 0.5) is 20.2 Å². The van der Waals surface area contributed by atoms with Gasteiger partial charge >= 0.3 is 0 Å². The fraction of sp³-hybridized carbons (Fsp3) is 0.316. The molecule has 2 aromatic carbocycles. The third-order valence-electron chi connectivity index (χ3n) is 5.05. The molecule has 9 nitrogen and oxygen atoms in total. The van der Waals surface area contributed by atoms with Gasteiger partial charge in [-0.1, -0.05) is 6.07 Å². The first-order valence-electron chi connectivity index (χ1n) is 9.34. The molecule has 0 aliphatic carbocycles. The lowest BCUT2D eigenvalue weighted by atomic mass is 10.2. The Hall–Kier alpha value is -2.96. The second kappa shape index (κ2) is 9.04. The molecule has 0 aromatic heterocycles. The summed E-state index contributed by atoms with van der Waals surface area (Å²) in [5.41, 5.74) is -0.204. The number of hydrogen-bond acceptors (Lipinski definition) is 6. The first-order chi connectivity index (χ1) is 14.6.